The van der Waals surface area contributed by atoms with E-state index in [1.54, 1.807) is 6.08 Å². The van der Waals surface area contributed by atoms with Crippen molar-refractivity contribution in [3.05, 3.63) is 48.0 Å². The lowest BCUT2D eigenvalue weighted by atomic mass is 10.2. The van der Waals surface area contributed by atoms with E-state index in [1.165, 1.54) is 6.08 Å². The van der Waals surface area contributed by atoms with Crippen LogP contribution in [0.5, 0.6) is 0 Å². The number of hydrogen-bond donors (Lipinski definition) is 1. The third-order valence-corrected chi connectivity index (χ3v) is 1.77. The molecule has 0 bridgehead atoms. The van der Waals surface area contributed by atoms with Crippen LogP contribution in [0.2, 0.25) is 0 Å². The summed E-state index contributed by atoms with van der Waals surface area (Å²) in [4.78, 5) is 11.1. The summed E-state index contributed by atoms with van der Waals surface area (Å²) in [6, 6.07) is 11.2. The van der Waals surface area contributed by atoms with Crippen molar-refractivity contribution in [2.45, 2.75) is 6.61 Å². The zero-order valence-electron chi connectivity index (χ0n) is 8.72. The van der Waals surface area contributed by atoms with Crippen LogP contribution in [0.25, 0.3) is 0 Å². The summed E-state index contributed by atoms with van der Waals surface area (Å²) in [5.41, 5.74) is 0.935. The Kier molecular flexibility index (Phi) is 5.21. The monoisotopic (exact) mass is 216 g/mol. The zero-order valence-corrected chi connectivity index (χ0v) is 8.72. The van der Waals surface area contributed by atoms with E-state index in [0.717, 1.165) is 5.56 Å². The van der Waals surface area contributed by atoms with Gasteiger partial charge in [0.15, 0.2) is 0 Å². The molecule has 16 heavy (non-hydrogen) atoms. The molecule has 1 aromatic carbocycles. The first-order valence-corrected chi connectivity index (χ1v) is 4.82. The standard InChI is InChI=1S/C12H12N2O2/c13-8-4-5-9-14-12(15)16-10-11-6-2-1-3-7-11/h1-7H,9-10H2,(H,14,15)/b5-4+. The maximum Gasteiger partial charge on any atom is 0.407 e. The Hall–Kier alpha value is -2.28. The molecule has 0 atom stereocenters. The van der Waals surface area contributed by atoms with Gasteiger partial charge in [0.1, 0.15) is 6.61 Å². The Morgan fingerprint density at radius 2 is 2.19 bits per heavy atom. The van der Waals surface area contributed by atoms with Crippen LogP contribution >= 0.6 is 0 Å². The number of benzene rings is 1. The number of rotatable bonds is 4. The van der Waals surface area contributed by atoms with Gasteiger partial charge in [0.25, 0.3) is 0 Å². The highest BCUT2D eigenvalue weighted by Crippen LogP contribution is 2.00. The van der Waals surface area contributed by atoms with Crippen molar-refractivity contribution in [1.29, 1.82) is 5.26 Å². The second-order valence-electron chi connectivity index (χ2n) is 2.97. The average Bonchev–Trinajstić information content (AvgIpc) is 2.33. The van der Waals surface area contributed by atoms with Crippen LogP contribution in [0.3, 0.4) is 0 Å². The number of ether oxygens (including phenoxy) is 1. The summed E-state index contributed by atoms with van der Waals surface area (Å²) in [7, 11) is 0. The van der Waals surface area contributed by atoms with Gasteiger partial charge in [-0.1, -0.05) is 36.4 Å². The fraction of sp³-hybridized carbons (Fsp3) is 0.167. The van der Waals surface area contributed by atoms with Gasteiger partial charge in [-0.25, -0.2) is 4.79 Å². The second-order valence-corrected chi connectivity index (χ2v) is 2.97. The highest BCUT2D eigenvalue weighted by Gasteiger charge is 1.99. The molecule has 4 nitrogen and oxygen atoms in total. The van der Waals surface area contributed by atoms with Crippen LogP contribution in [-0.2, 0) is 11.3 Å². The van der Waals surface area contributed by atoms with Crippen molar-refractivity contribution < 1.29 is 9.53 Å². The molecule has 0 aromatic heterocycles. The Balaban J connectivity index is 2.21. The molecule has 1 N–H and O–H groups in total. The number of nitrogens with one attached hydrogen (secondary N) is 1. The predicted molar refractivity (Wildman–Crippen MR) is 59.4 cm³/mol. The van der Waals surface area contributed by atoms with Crippen molar-refractivity contribution in [2.75, 3.05) is 6.54 Å². The van der Waals surface area contributed by atoms with Gasteiger partial charge in [-0.15, -0.1) is 0 Å². The molecule has 0 aliphatic heterocycles. The smallest absolute Gasteiger partial charge is 0.407 e. The predicted octanol–water partition coefficient (Wildman–Crippen LogP) is 1.99. The lowest BCUT2D eigenvalue weighted by molar-refractivity contribution is 0.140. The molecule has 0 aliphatic carbocycles. The van der Waals surface area contributed by atoms with E-state index in [2.05, 4.69) is 5.32 Å². The molecule has 82 valence electrons. The first-order valence-electron chi connectivity index (χ1n) is 4.82. The van der Waals surface area contributed by atoms with Crippen molar-refractivity contribution in [2.24, 2.45) is 0 Å². The van der Waals surface area contributed by atoms with Crippen molar-refractivity contribution in [3.63, 3.8) is 0 Å². The minimum atomic E-state index is -0.494. The summed E-state index contributed by atoms with van der Waals surface area (Å²) in [6.45, 7) is 0.538. The molecule has 0 saturated carbocycles. The fourth-order valence-corrected chi connectivity index (χ4v) is 1.03. The van der Waals surface area contributed by atoms with Gasteiger partial charge in [-0.05, 0) is 5.56 Å². The Morgan fingerprint density at radius 1 is 1.44 bits per heavy atom. The molecule has 0 fully saturated rings. The number of nitrogens with zero attached hydrogens (tertiary/aromatic N) is 1. The number of carbonyl (C=O) groups excluding carboxylic acids is 1. The van der Waals surface area contributed by atoms with Crippen LogP contribution in [0.15, 0.2) is 42.5 Å². The van der Waals surface area contributed by atoms with Gasteiger partial charge in [0.05, 0.1) is 6.07 Å². The topological polar surface area (TPSA) is 62.1 Å². The third kappa shape index (κ3) is 4.82. The molecular weight excluding hydrogens is 204 g/mol. The number of carbonyl (C=O) groups is 1. The van der Waals surface area contributed by atoms with Gasteiger partial charge in [-0.3, -0.25) is 0 Å². The first-order chi connectivity index (χ1) is 7.83. The fourth-order valence-electron chi connectivity index (χ4n) is 1.03. The molecule has 0 heterocycles. The van der Waals surface area contributed by atoms with Crippen LogP contribution in [-0.4, -0.2) is 12.6 Å². The molecule has 0 aliphatic rings. The van der Waals surface area contributed by atoms with Crippen LogP contribution in [0.4, 0.5) is 4.79 Å². The van der Waals surface area contributed by atoms with Crippen LogP contribution < -0.4 is 5.32 Å². The van der Waals surface area contributed by atoms with Crippen LogP contribution in [0, 0.1) is 11.3 Å². The molecule has 0 radical (unpaired) electrons. The number of allylic oxidation sites excluding steroid dienone is 1. The average molecular weight is 216 g/mol. The molecule has 0 unspecified atom stereocenters. The molecule has 1 aromatic rings. The molecule has 0 spiro atoms. The minimum absolute atomic E-state index is 0.245. The van der Waals surface area contributed by atoms with Crippen molar-refractivity contribution >= 4 is 6.09 Å². The largest absolute Gasteiger partial charge is 0.445 e. The summed E-state index contributed by atoms with van der Waals surface area (Å²) < 4.78 is 4.94. The summed E-state index contributed by atoms with van der Waals surface area (Å²) in [6.07, 6.45) is 2.35. The van der Waals surface area contributed by atoms with E-state index >= 15 is 0 Å². The molecule has 4 heteroatoms. The summed E-state index contributed by atoms with van der Waals surface area (Å²) in [5, 5.41) is 10.7. The van der Waals surface area contributed by atoms with Gasteiger partial charge < -0.3 is 10.1 Å². The van der Waals surface area contributed by atoms with E-state index in [-0.39, 0.29) is 6.61 Å². The van der Waals surface area contributed by atoms with Gasteiger partial charge in [-0.2, -0.15) is 5.26 Å². The molecule has 1 rings (SSSR count). The summed E-state index contributed by atoms with van der Waals surface area (Å²) in [5.74, 6) is 0. The van der Waals surface area contributed by atoms with Crippen molar-refractivity contribution in [1.82, 2.24) is 5.32 Å². The Morgan fingerprint density at radius 3 is 2.88 bits per heavy atom. The highest BCUT2D eigenvalue weighted by atomic mass is 16.5. The lowest BCUT2D eigenvalue weighted by Crippen LogP contribution is -2.24. The zero-order chi connectivity index (χ0) is 11.6. The number of alkyl carbamates (subject to hydrolysis) is 1. The van der Waals surface area contributed by atoms with E-state index in [4.69, 9.17) is 10.00 Å². The van der Waals surface area contributed by atoms with E-state index in [0.29, 0.717) is 6.54 Å². The second kappa shape index (κ2) is 7.07. The lowest BCUT2D eigenvalue weighted by Gasteiger charge is -2.04. The molecular formula is C12H12N2O2. The van der Waals surface area contributed by atoms with Gasteiger partial charge in [0.2, 0.25) is 0 Å². The van der Waals surface area contributed by atoms with Crippen LogP contribution in [0.1, 0.15) is 5.56 Å². The van der Waals surface area contributed by atoms with Crippen molar-refractivity contribution in [3.8, 4) is 6.07 Å². The van der Waals surface area contributed by atoms with E-state index in [9.17, 15) is 4.79 Å². The SMILES string of the molecule is N#C/C=C/CNC(=O)OCc1ccccc1. The van der Waals surface area contributed by atoms with E-state index < -0.39 is 6.09 Å². The quantitative estimate of drug-likeness (QED) is 0.783. The number of amides is 1. The minimum Gasteiger partial charge on any atom is -0.445 e. The highest BCUT2D eigenvalue weighted by molar-refractivity contribution is 5.67. The Labute approximate surface area is 94.1 Å². The van der Waals surface area contributed by atoms with Gasteiger partial charge >= 0.3 is 6.09 Å². The van der Waals surface area contributed by atoms with E-state index in [1.807, 2.05) is 36.4 Å². The first kappa shape index (κ1) is 11.8. The molecule has 1 amide bonds. The maximum atomic E-state index is 11.1. The molecule has 0 saturated heterocycles. The number of nitriles is 1. The Bertz CT molecular complexity index is 393. The van der Waals surface area contributed by atoms with Gasteiger partial charge in [0, 0.05) is 12.6 Å². The third-order valence-electron chi connectivity index (χ3n) is 1.77. The maximum absolute atomic E-state index is 11.1. The number of hydrogen-bond acceptors (Lipinski definition) is 3. The summed E-state index contributed by atoms with van der Waals surface area (Å²) >= 11 is 0. The normalized spacial score (nSPS) is 9.69.